The summed E-state index contributed by atoms with van der Waals surface area (Å²) >= 11 is 0. The minimum absolute atomic E-state index is 0.125. The van der Waals surface area contributed by atoms with Gasteiger partial charge in [0.1, 0.15) is 0 Å². The fourth-order valence-electron chi connectivity index (χ4n) is 5.58. The average Bonchev–Trinajstić information content (AvgIpc) is 2.65. The molecule has 0 bridgehead atoms. The van der Waals surface area contributed by atoms with Crippen LogP contribution >= 0.6 is 0 Å². The highest BCUT2D eigenvalue weighted by Crippen LogP contribution is 2.42. The lowest BCUT2D eigenvalue weighted by atomic mass is 9.69. The van der Waals surface area contributed by atoms with Crippen molar-refractivity contribution in [2.45, 2.75) is 50.7 Å². The summed E-state index contributed by atoms with van der Waals surface area (Å²) in [4.78, 5) is 16.3. The van der Waals surface area contributed by atoms with Gasteiger partial charge < -0.3 is 5.11 Å². The van der Waals surface area contributed by atoms with Crippen LogP contribution in [0.5, 0.6) is 0 Å². The van der Waals surface area contributed by atoms with Crippen molar-refractivity contribution in [2.24, 2.45) is 11.8 Å². The lowest BCUT2D eigenvalue weighted by Crippen LogP contribution is -2.64. The Kier molecular flexibility index (Phi) is 5.41. The van der Waals surface area contributed by atoms with Gasteiger partial charge in [0.2, 0.25) is 0 Å². The summed E-state index contributed by atoms with van der Waals surface area (Å²) in [5.74, 6) is 0.658. The number of carbonyl (C=O) groups is 1. The van der Waals surface area contributed by atoms with Crippen LogP contribution in [-0.4, -0.2) is 52.6 Å². The maximum absolute atomic E-state index is 11.0. The van der Waals surface area contributed by atoms with Crippen LogP contribution in [-0.2, 0) is 11.3 Å². The van der Waals surface area contributed by atoms with Crippen molar-refractivity contribution >= 4 is 5.97 Å². The van der Waals surface area contributed by atoms with E-state index in [1.54, 1.807) is 0 Å². The molecule has 4 rings (SSSR count). The van der Waals surface area contributed by atoms with Gasteiger partial charge in [0.25, 0.3) is 0 Å². The fourth-order valence-corrected chi connectivity index (χ4v) is 5.58. The number of likely N-dealkylation sites (tertiary alicyclic amines) is 1. The summed E-state index contributed by atoms with van der Waals surface area (Å²) < 4.78 is 0. The Morgan fingerprint density at radius 3 is 2.69 bits per heavy atom. The summed E-state index contributed by atoms with van der Waals surface area (Å²) in [7, 11) is 0. The third-order valence-corrected chi connectivity index (χ3v) is 6.53. The van der Waals surface area contributed by atoms with Gasteiger partial charge >= 0.3 is 5.97 Å². The molecule has 3 heterocycles. The third kappa shape index (κ3) is 3.72. The van der Waals surface area contributed by atoms with E-state index >= 15 is 0 Å². The SMILES string of the molecule is O=C(O)C/C=C/[C@@H]1[C@H]2CCCN3CCC[C@@H](CN1Cc1ccccc1)[C@@H]23. The Labute approximate surface area is 156 Å². The highest BCUT2D eigenvalue weighted by Gasteiger charge is 2.47. The molecule has 1 N–H and O–H groups in total. The predicted octanol–water partition coefficient (Wildman–Crippen LogP) is 3.39. The number of nitrogens with zero attached hydrogens (tertiary/aromatic N) is 2. The fraction of sp³-hybridized carbons (Fsp3) is 0.591. The summed E-state index contributed by atoms with van der Waals surface area (Å²) in [6.07, 6.45) is 9.42. The largest absolute Gasteiger partial charge is 0.481 e. The molecule has 0 amide bonds. The first-order chi connectivity index (χ1) is 12.7. The van der Waals surface area contributed by atoms with Gasteiger partial charge in [-0.05, 0) is 56.2 Å². The zero-order valence-electron chi connectivity index (χ0n) is 15.5. The van der Waals surface area contributed by atoms with Gasteiger partial charge in [0.05, 0.1) is 6.42 Å². The first-order valence-electron chi connectivity index (χ1n) is 10.1. The van der Waals surface area contributed by atoms with Crippen LogP contribution in [0.3, 0.4) is 0 Å². The molecule has 3 fully saturated rings. The monoisotopic (exact) mass is 354 g/mol. The van der Waals surface area contributed by atoms with Gasteiger partial charge in [-0.1, -0.05) is 42.5 Å². The molecule has 0 spiro atoms. The van der Waals surface area contributed by atoms with Crippen molar-refractivity contribution in [3.63, 3.8) is 0 Å². The number of carboxylic acids is 1. The Balaban J connectivity index is 1.59. The molecule has 4 atom stereocenters. The van der Waals surface area contributed by atoms with E-state index in [4.69, 9.17) is 5.11 Å². The number of benzene rings is 1. The van der Waals surface area contributed by atoms with Crippen LogP contribution in [0.2, 0.25) is 0 Å². The van der Waals surface area contributed by atoms with Crippen LogP contribution < -0.4 is 0 Å². The van der Waals surface area contributed by atoms with E-state index in [1.165, 1.54) is 44.3 Å². The normalized spacial score (nSPS) is 32.5. The van der Waals surface area contributed by atoms with Gasteiger partial charge in [0.15, 0.2) is 0 Å². The molecule has 3 aliphatic rings. The Morgan fingerprint density at radius 1 is 1.15 bits per heavy atom. The van der Waals surface area contributed by atoms with E-state index in [9.17, 15) is 4.79 Å². The maximum Gasteiger partial charge on any atom is 0.307 e. The van der Waals surface area contributed by atoms with Crippen LogP contribution in [0.15, 0.2) is 42.5 Å². The van der Waals surface area contributed by atoms with Crippen LogP contribution in [0.1, 0.15) is 37.7 Å². The highest BCUT2D eigenvalue weighted by atomic mass is 16.4. The predicted molar refractivity (Wildman–Crippen MR) is 103 cm³/mol. The lowest BCUT2D eigenvalue weighted by molar-refractivity contribution is -0.136. The number of piperidine rings is 3. The first-order valence-corrected chi connectivity index (χ1v) is 10.1. The highest BCUT2D eigenvalue weighted by molar-refractivity contribution is 5.68. The molecule has 0 aromatic heterocycles. The molecule has 0 aliphatic carbocycles. The van der Waals surface area contributed by atoms with Crippen molar-refractivity contribution in [3.8, 4) is 0 Å². The molecule has 1 aromatic carbocycles. The molecular weight excluding hydrogens is 324 g/mol. The molecule has 3 saturated heterocycles. The quantitative estimate of drug-likeness (QED) is 0.823. The minimum atomic E-state index is -0.743. The molecular formula is C22H30N2O2. The minimum Gasteiger partial charge on any atom is -0.481 e. The van der Waals surface area contributed by atoms with E-state index < -0.39 is 5.97 Å². The molecule has 4 heteroatoms. The number of hydrogen-bond donors (Lipinski definition) is 1. The molecule has 0 radical (unpaired) electrons. The van der Waals surface area contributed by atoms with Crippen molar-refractivity contribution in [2.75, 3.05) is 19.6 Å². The molecule has 4 nitrogen and oxygen atoms in total. The van der Waals surface area contributed by atoms with Crippen LogP contribution in [0.4, 0.5) is 0 Å². The maximum atomic E-state index is 11.0. The summed E-state index contributed by atoms with van der Waals surface area (Å²) in [5, 5.41) is 9.03. The molecule has 0 saturated carbocycles. The summed E-state index contributed by atoms with van der Waals surface area (Å²) in [5.41, 5.74) is 1.35. The second-order valence-corrected chi connectivity index (χ2v) is 8.17. The van der Waals surface area contributed by atoms with Gasteiger partial charge in [-0.25, -0.2) is 0 Å². The van der Waals surface area contributed by atoms with E-state index in [2.05, 4.69) is 46.2 Å². The van der Waals surface area contributed by atoms with E-state index in [-0.39, 0.29) is 6.42 Å². The molecule has 26 heavy (non-hydrogen) atoms. The molecule has 140 valence electrons. The number of carboxylic acid groups (broad SMARTS) is 1. The van der Waals surface area contributed by atoms with E-state index in [0.29, 0.717) is 18.0 Å². The third-order valence-electron chi connectivity index (χ3n) is 6.53. The van der Waals surface area contributed by atoms with Gasteiger partial charge in [-0.2, -0.15) is 0 Å². The van der Waals surface area contributed by atoms with Crippen molar-refractivity contribution < 1.29 is 9.90 Å². The standard InChI is InChI=1S/C22H30N2O2/c25-21(26)12-4-11-20-19-10-6-14-23-13-5-9-18(22(19)23)16-24(20)15-17-7-2-1-3-8-17/h1-4,7-8,11,18-20,22H,5-6,9-10,12-16H2,(H,25,26)/b11-4+/t18-,19+,20+,22-/m0/s1. The number of hydrogen-bond acceptors (Lipinski definition) is 3. The van der Waals surface area contributed by atoms with Gasteiger partial charge in [0, 0.05) is 25.2 Å². The van der Waals surface area contributed by atoms with Gasteiger partial charge in [-0.15, -0.1) is 0 Å². The number of aliphatic carboxylic acids is 1. The molecule has 0 unspecified atom stereocenters. The van der Waals surface area contributed by atoms with Crippen molar-refractivity contribution in [1.29, 1.82) is 0 Å². The zero-order valence-corrected chi connectivity index (χ0v) is 15.5. The summed E-state index contributed by atoms with van der Waals surface area (Å²) in [6, 6.07) is 11.8. The second kappa shape index (κ2) is 7.93. The Morgan fingerprint density at radius 2 is 1.92 bits per heavy atom. The second-order valence-electron chi connectivity index (χ2n) is 8.17. The van der Waals surface area contributed by atoms with Crippen LogP contribution in [0.25, 0.3) is 0 Å². The van der Waals surface area contributed by atoms with E-state index in [0.717, 1.165) is 19.0 Å². The van der Waals surface area contributed by atoms with Crippen molar-refractivity contribution in [3.05, 3.63) is 48.0 Å². The summed E-state index contributed by atoms with van der Waals surface area (Å²) in [6.45, 7) is 4.60. The molecule has 1 aromatic rings. The van der Waals surface area contributed by atoms with E-state index in [1.807, 2.05) is 6.08 Å². The Bertz CT molecular complexity index is 643. The topological polar surface area (TPSA) is 43.8 Å². The Hall–Kier alpha value is -1.65. The van der Waals surface area contributed by atoms with Gasteiger partial charge in [-0.3, -0.25) is 14.6 Å². The zero-order chi connectivity index (χ0) is 17.9. The smallest absolute Gasteiger partial charge is 0.307 e. The van der Waals surface area contributed by atoms with Crippen LogP contribution in [0, 0.1) is 11.8 Å². The molecule has 3 aliphatic heterocycles. The van der Waals surface area contributed by atoms with Crippen molar-refractivity contribution in [1.82, 2.24) is 9.80 Å². The first kappa shape index (κ1) is 17.7. The average molecular weight is 354 g/mol. The number of rotatable bonds is 5. The lowest BCUT2D eigenvalue weighted by Gasteiger charge is -2.57.